The maximum atomic E-state index is 12.9. The average Bonchev–Trinajstić information content (AvgIpc) is 3.18. The van der Waals surface area contributed by atoms with E-state index >= 15 is 0 Å². The lowest BCUT2D eigenvalue weighted by atomic mass is 10.1. The molecule has 0 unspecified atom stereocenters. The Kier molecular flexibility index (Phi) is 3.41. The summed E-state index contributed by atoms with van der Waals surface area (Å²) in [6.07, 6.45) is 2.07. The molecule has 6 nitrogen and oxygen atoms in total. The van der Waals surface area contributed by atoms with Crippen molar-refractivity contribution in [1.82, 2.24) is 10.2 Å². The van der Waals surface area contributed by atoms with Gasteiger partial charge in [-0.3, -0.25) is 9.59 Å². The van der Waals surface area contributed by atoms with Crippen LogP contribution in [0.25, 0.3) is 0 Å². The highest BCUT2D eigenvalue weighted by Crippen LogP contribution is 2.52. The molecule has 2 fully saturated rings. The van der Waals surface area contributed by atoms with Gasteiger partial charge in [0.25, 0.3) is 5.91 Å². The molecule has 1 aromatic carbocycles. The fourth-order valence-corrected chi connectivity index (χ4v) is 4.67. The predicted octanol–water partition coefficient (Wildman–Crippen LogP) is 1.55. The van der Waals surface area contributed by atoms with Crippen molar-refractivity contribution in [2.45, 2.75) is 30.3 Å². The van der Waals surface area contributed by atoms with Crippen LogP contribution in [-0.4, -0.2) is 48.8 Å². The molecule has 0 spiro atoms. The number of carbonyl (C=O) groups is 2. The molecule has 4 rings (SSSR count). The molecule has 1 N–H and O–H groups in total. The average molecular weight is 334 g/mol. The maximum Gasteiger partial charge on any atom is 0.260 e. The number of hydrogen-bond acceptors (Lipinski definition) is 5. The maximum absolute atomic E-state index is 12.9. The van der Waals surface area contributed by atoms with Gasteiger partial charge >= 0.3 is 0 Å². The lowest BCUT2D eigenvalue weighted by Crippen LogP contribution is -2.46. The van der Waals surface area contributed by atoms with Crippen molar-refractivity contribution in [3.05, 3.63) is 23.3 Å². The Labute approximate surface area is 138 Å². The number of nitrogens with zero attached hydrogens (tertiary/aromatic N) is 1. The predicted molar refractivity (Wildman–Crippen MR) is 85.9 cm³/mol. The second-order valence-electron chi connectivity index (χ2n) is 5.96. The topological polar surface area (TPSA) is 67.9 Å². The fraction of sp³-hybridized carbons (Fsp3) is 0.500. The number of ether oxygens (including phenoxy) is 2. The second kappa shape index (κ2) is 5.33. The van der Waals surface area contributed by atoms with Gasteiger partial charge in [0.1, 0.15) is 11.4 Å². The largest absolute Gasteiger partial charge is 0.493 e. The molecule has 122 valence electrons. The van der Waals surface area contributed by atoms with Crippen molar-refractivity contribution in [3.8, 4) is 11.5 Å². The number of thioether (sulfide) groups is 1. The van der Waals surface area contributed by atoms with Gasteiger partial charge in [0.15, 0.2) is 11.5 Å². The smallest absolute Gasteiger partial charge is 0.260 e. The van der Waals surface area contributed by atoms with Crippen LogP contribution in [0.5, 0.6) is 11.5 Å². The summed E-state index contributed by atoms with van der Waals surface area (Å²) in [6.45, 7) is 0. The normalized spacial score (nSPS) is 25.1. The number of amides is 2. The molecule has 7 heteroatoms. The van der Waals surface area contributed by atoms with E-state index in [0.29, 0.717) is 28.9 Å². The number of hydrogen-bond donors (Lipinski definition) is 1. The number of nitrogens with one attached hydrogen (secondary N) is 1. The minimum Gasteiger partial charge on any atom is -0.493 e. The summed E-state index contributed by atoms with van der Waals surface area (Å²) in [4.78, 5) is 27.1. The van der Waals surface area contributed by atoms with Crippen molar-refractivity contribution < 1.29 is 19.1 Å². The molecule has 1 aromatic rings. The monoisotopic (exact) mass is 334 g/mol. The summed E-state index contributed by atoms with van der Waals surface area (Å²) in [5.74, 6) is 1.41. The Morgan fingerprint density at radius 2 is 2.09 bits per heavy atom. The van der Waals surface area contributed by atoms with E-state index in [1.54, 1.807) is 23.8 Å². The van der Waals surface area contributed by atoms with Crippen molar-refractivity contribution >= 4 is 23.6 Å². The highest BCUT2D eigenvalue weighted by atomic mass is 32.2. The Bertz CT molecular complexity index is 689. The van der Waals surface area contributed by atoms with E-state index in [1.807, 2.05) is 12.1 Å². The van der Waals surface area contributed by atoms with Crippen molar-refractivity contribution in [3.63, 3.8) is 0 Å². The van der Waals surface area contributed by atoms with Gasteiger partial charge in [-0.05, 0) is 18.9 Å². The van der Waals surface area contributed by atoms with E-state index in [0.717, 1.165) is 18.4 Å². The van der Waals surface area contributed by atoms with Gasteiger partial charge in [0.05, 0.1) is 19.8 Å². The van der Waals surface area contributed by atoms with Gasteiger partial charge in [-0.2, -0.15) is 0 Å². The summed E-state index contributed by atoms with van der Waals surface area (Å²) in [6, 6.07) is 3.59. The first-order valence-electron chi connectivity index (χ1n) is 7.65. The molecular weight excluding hydrogens is 316 g/mol. The molecule has 0 bridgehead atoms. The molecule has 2 amide bonds. The van der Waals surface area contributed by atoms with Gasteiger partial charge in [-0.15, -0.1) is 11.8 Å². The Morgan fingerprint density at radius 3 is 2.74 bits per heavy atom. The molecule has 2 heterocycles. The van der Waals surface area contributed by atoms with Crippen LogP contribution in [0.1, 0.15) is 34.1 Å². The zero-order valence-corrected chi connectivity index (χ0v) is 13.8. The van der Waals surface area contributed by atoms with E-state index in [4.69, 9.17) is 9.47 Å². The highest BCUT2D eigenvalue weighted by Gasteiger charge is 2.50. The molecule has 3 aliphatic rings. The Morgan fingerprint density at radius 1 is 1.30 bits per heavy atom. The minimum absolute atomic E-state index is 0.0467. The number of methoxy groups -OCH3 is 2. The van der Waals surface area contributed by atoms with Crippen LogP contribution < -0.4 is 14.8 Å². The first-order valence-corrected chi connectivity index (χ1v) is 8.70. The lowest BCUT2D eigenvalue weighted by molar-refractivity contribution is -0.124. The highest BCUT2D eigenvalue weighted by molar-refractivity contribution is 7.99. The SMILES string of the molecule is COc1ccc2c(c1OC)C(=O)N1[C@H](C(=O)NC3CC3)CS[C@@H]21. The Balaban J connectivity index is 1.69. The van der Waals surface area contributed by atoms with Crippen molar-refractivity contribution in [2.75, 3.05) is 20.0 Å². The van der Waals surface area contributed by atoms with E-state index in [-0.39, 0.29) is 17.2 Å². The molecule has 1 saturated heterocycles. The third-order valence-corrected chi connectivity index (χ3v) is 5.82. The standard InChI is InChI=1S/C16H18N2O4S/c1-21-11-6-5-9-12(13(11)22-2)15(20)18-10(7-23-16(9)18)14(19)17-8-3-4-8/h5-6,8,10,16H,3-4,7H2,1-2H3,(H,17,19)/t10-,16-/m0/s1. The number of benzene rings is 1. The zero-order chi connectivity index (χ0) is 16.1. The molecule has 1 aliphatic carbocycles. The van der Waals surface area contributed by atoms with Crippen molar-refractivity contribution in [1.29, 1.82) is 0 Å². The Hall–Kier alpha value is -1.89. The quantitative estimate of drug-likeness (QED) is 0.905. The molecule has 2 atom stereocenters. The summed E-state index contributed by atoms with van der Waals surface area (Å²) in [7, 11) is 3.07. The number of carbonyl (C=O) groups excluding carboxylic acids is 2. The van der Waals surface area contributed by atoms with Crippen molar-refractivity contribution in [2.24, 2.45) is 0 Å². The number of rotatable bonds is 4. The second-order valence-corrected chi connectivity index (χ2v) is 7.08. The van der Waals surface area contributed by atoms with Crippen LogP contribution in [0.4, 0.5) is 0 Å². The summed E-state index contributed by atoms with van der Waals surface area (Å²) in [5.41, 5.74) is 1.42. The lowest BCUT2D eigenvalue weighted by Gasteiger charge is -2.22. The van der Waals surface area contributed by atoms with E-state index < -0.39 is 6.04 Å². The fourth-order valence-electron chi connectivity index (χ4n) is 3.22. The van der Waals surface area contributed by atoms with Gasteiger partial charge in [-0.1, -0.05) is 6.07 Å². The third-order valence-electron chi connectivity index (χ3n) is 4.52. The van der Waals surface area contributed by atoms with Gasteiger partial charge < -0.3 is 19.7 Å². The van der Waals surface area contributed by atoms with Crippen LogP contribution in [0.2, 0.25) is 0 Å². The molecule has 0 radical (unpaired) electrons. The van der Waals surface area contributed by atoms with Gasteiger partial charge in [-0.25, -0.2) is 0 Å². The summed E-state index contributed by atoms with van der Waals surface area (Å²) in [5, 5.41) is 2.89. The first-order chi connectivity index (χ1) is 11.2. The van der Waals surface area contributed by atoms with Crippen LogP contribution in [0.3, 0.4) is 0 Å². The van der Waals surface area contributed by atoms with Gasteiger partial charge in [0, 0.05) is 17.4 Å². The minimum atomic E-state index is -0.416. The summed E-state index contributed by atoms with van der Waals surface area (Å²) >= 11 is 1.62. The third kappa shape index (κ3) is 2.17. The molecular formula is C16H18N2O4S. The van der Waals surface area contributed by atoms with Crippen LogP contribution in [0.15, 0.2) is 12.1 Å². The van der Waals surface area contributed by atoms with Gasteiger partial charge in [0.2, 0.25) is 5.91 Å². The number of fused-ring (bicyclic) bond motifs is 3. The first kappa shape index (κ1) is 14.7. The van der Waals surface area contributed by atoms with E-state index in [9.17, 15) is 9.59 Å². The van der Waals surface area contributed by atoms with Crippen LogP contribution >= 0.6 is 11.8 Å². The molecule has 1 saturated carbocycles. The molecule has 23 heavy (non-hydrogen) atoms. The molecule has 2 aliphatic heterocycles. The summed E-state index contributed by atoms with van der Waals surface area (Å²) < 4.78 is 10.7. The van der Waals surface area contributed by atoms with E-state index in [1.165, 1.54) is 7.11 Å². The van der Waals surface area contributed by atoms with Crippen LogP contribution in [-0.2, 0) is 4.79 Å². The zero-order valence-electron chi connectivity index (χ0n) is 13.0. The van der Waals surface area contributed by atoms with E-state index in [2.05, 4.69) is 5.32 Å². The molecule has 0 aromatic heterocycles. The van der Waals surface area contributed by atoms with Crippen LogP contribution in [0, 0.1) is 0 Å².